The zero-order valence-corrected chi connectivity index (χ0v) is 11.0. The highest BCUT2D eigenvalue weighted by Gasteiger charge is 2.12. The van der Waals surface area contributed by atoms with Crippen LogP contribution in [0.25, 0.3) is 0 Å². The van der Waals surface area contributed by atoms with E-state index in [9.17, 15) is 14.4 Å². The third-order valence-electron chi connectivity index (χ3n) is 1.93. The molecule has 1 N–H and O–H groups in total. The molecule has 0 bridgehead atoms. The van der Waals surface area contributed by atoms with Gasteiger partial charge >= 0.3 is 12.1 Å². The van der Waals surface area contributed by atoms with E-state index in [-0.39, 0.29) is 25.5 Å². The van der Waals surface area contributed by atoms with E-state index in [1.54, 1.807) is 25.8 Å². The number of esters is 1. The minimum absolute atomic E-state index is 0.0121. The van der Waals surface area contributed by atoms with Crippen molar-refractivity contribution in [2.45, 2.75) is 20.3 Å². The zero-order chi connectivity index (χ0) is 14.0. The van der Waals surface area contributed by atoms with Crippen LogP contribution in [-0.2, 0) is 19.1 Å². The van der Waals surface area contributed by atoms with Crippen molar-refractivity contribution in [2.24, 2.45) is 0 Å². The Balaban J connectivity index is 3.80. The Morgan fingerprint density at radius 1 is 1.11 bits per heavy atom. The summed E-state index contributed by atoms with van der Waals surface area (Å²) in [6.45, 7) is 4.32. The average Bonchev–Trinajstić information content (AvgIpc) is 2.26. The quantitative estimate of drug-likeness (QED) is 0.656. The summed E-state index contributed by atoms with van der Waals surface area (Å²) in [5.41, 5.74) is 0. The smallest absolute Gasteiger partial charge is 0.413 e. The molecule has 2 amide bonds. The molecule has 0 aromatic heterocycles. The maximum Gasteiger partial charge on any atom is 0.413 e. The van der Waals surface area contributed by atoms with Gasteiger partial charge in [0.1, 0.15) is 0 Å². The maximum absolute atomic E-state index is 11.3. The first-order valence-electron chi connectivity index (χ1n) is 5.80. The molecule has 0 saturated heterocycles. The lowest BCUT2D eigenvalue weighted by molar-refractivity contribution is -0.143. The number of hydrogen-bond donors (Lipinski definition) is 1. The Kier molecular flexibility index (Phi) is 8.55. The second-order valence-corrected chi connectivity index (χ2v) is 3.56. The number of alkyl carbamates (subject to hydrolysis) is 1. The van der Waals surface area contributed by atoms with Crippen LogP contribution in [0.3, 0.4) is 0 Å². The second kappa shape index (κ2) is 9.41. The molecule has 0 heterocycles. The molecule has 0 radical (unpaired) electrons. The number of nitrogens with one attached hydrogen (secondary N) is 1. The highest BCUT2D eigenvalue weighted by atomic mass is 16.5. The van der Waals surface area contributed by atoms with Gasteiger partial charge in [-0.1, -0.05) is 0 Å². The molecular formula is C11H20N2O5. The van der Waals surface area contributed by atoms with E-state index >= 15 is 0 Å². The summed E-state index contributed by atoms with van der Waals surface area (Å²) in [6.07, 6.45) is -0.557. The molecule has 0 rings (SSSR count). The van der Waals surface area contributed by atoms with Gasteiger partial charge in [0.25, 0.3) is 0 Å². The number of rotatable bonds is 7. The Morgan fingerprint density at radius 2 is 1.72 bits per heavy atom. The van der Waals surface area contributed by atoms with Crippen molar-refractivity contribution in [3.8, 4) is 0 Å². The van der Waals surface area contributed by atoms with Crippen molar-refractivity contribution < 1.29 is 23.9 Å². The fourth-order valence-electron chi connectivity index (χ4n) is 1.16. The number of likely N-dealkylation sites (N-methyl/N-ethyl adjacent to an activating group) is 1. The molecule has 7 nitrogen and oxygen atoms in total. The first-order valence-corrected chi connectivity index (χ1v) is 5.80. The first kappa shape index (κ1) is 16.4. The van der Waals surface area contributed by atoms with E-state index < -0.39 is 12.0 Å². The van der Waals surface area contributed by atoms with Gasteiger partial charge in [0.05, 0.1) is 26.2 Å². The Morgan fingerprint density at radius 3 is 2.28 bits per heavy atom. The second-order valence-electron chi connectivity index (χ2n) is 3.56. The first-order chi connectivity index (χ1) is 8.49. The van der Waals surface area contributed by atoms with Crippen molar-refractivity contribution in [1.82, 2.24) is 10.2 Å². The van der Waals surface area contributed by atoms with Crippen LogP contribution < -0.4 is 5.32 Å². The van der Waals surface area contributed by atoms with Gasteiger partial charge in [-0.05, 0) is 20.9 Å². The molecule has 0 aromatic carbocycles. The lowest BCUT2D eigenvalue weighted by Gasteiger charge is -2.15. The summed E-state index contributed by atoms with van der Waals surface area (Å²) in [5, 5.41) is 2.07. The van der Waals surface area contributed by atoms with Crippen molar-refractivity contribution in [3.05, 3.63) is 0 Å². The summed E-state index contributed by atoms with van der Waals surface area (Å²) in [6, 6.07) is 0. The van der Waals surface area contributed by atoms with Crippen LogP contribution in [0, 0.1) is 0 Å². The molecule has 0 fully saturated rings. The SMILES string of the molecule is CCOC(=O)CCN(C)CC(=O)NC(=O)OCC. The highest BCUT2D eigenvalue weighted by Crippen LogP contribution is 1.91. The predicted molar refractivity (Wildman–Crippen MR) is 63.9 cm³/mol. The van der Waals surface area contributed by atoms with Crippen LogP contribution in [0.2, 0.25) is 0 Å². The van der Waals surface area contributed by atoms with Gasteiger partial charge in [-0.3, -0.25) is 19.8 Å². The van der Waals surface area contributed by atoms with Crippen molar-refractivity contribution in [1.29, 1.82) is 0 Å². The Bertz CT molecular complexity index is 293. The summed E-state index contributed by atoms with van der Waals surface area (Å²) in [4.78, 5) is 35.0. The number of amides is 2. The van der Waals surface area contributed by atoms with E-state index in [0.29, 0.717) is 13.2 Å². The molecule has 0 spiro atoms. The lowest BCUT2D eigenvalue weighted by atomic mass is 10.4. The van der Waals surface area contributed by atoms with Crippen LogP contribution >= 0.6 is 0 Å². The fourth-order valence-corrected chi connectivity index (χ4v) is 1.16. The summed E-state index contributed by atoms with van der Waals surface area (Å²) in [7, 11) is 1.67. The monoisotopic (exact) mass is 260 g/mol. The molecule has 104 valence electrons. The fraction of sp³-hybridized carbons (Fsp3) is 0.727. The van der Waals surface area contributed by atoms with Gasteiger partial charge in [0, 0.05) is 6.54 Å². The van der Waals surface area contributed by atoms with E-state index in [4.69, 9.17) is 4.74 Å². The normalized spacial score (nSPS) is 10.0. The zero-order valence-electron chi connectivity index (χ0n) is 11.0. The summed E-state index contributed by atoms with van der Waals surface area (Å²) < 4.78 is 9.31. The molecule has 0 aromatic rings. The molecule has 0 atom stereocenters. The van der Waals surface area contributed by atoms with E-state index in [2.05, 4.69) is 10.1 Å². The standard InChI is InChI=1S/C11H20N2O5/c1-4-17-10(15)6-7-13(3)8-9(14)12-11(16)18-5-2/h4-8H2,1-3H3,(H,12,14,16). The average molecular weight is 260 g/mol. The molecule has 0 unspecified atom stereocenters. The van der Waals surface area contributed by atoms with Crippen molar-refractivity contribution in [3.63, 3.8) is 0 Å². The number of nitrogens with zero attached hydrogens (tertiary/aromatic N) is 1. The summed E-state index contributed by atoms with van der Waals surface area (Å²) in [5.74, 6) is -0.782. The van der Waals surface area contributed by atoms with Gasteiger partial charge < -0.3 is 9.47 Å². The predicted octanol–water partition coefficient (Wildman–Crippen LogP) is 0.144. The highest BCUT2D eigenvalue weighted by molar-refractivity contribution is 5.92. The van der Waals surface area contributed by atoms with Crippen LogP contribution in [-0.4, -0.2) is 56.2 Å². The van der Waals surface area contributed by atoms with Crippen LogP contribution in [0.1, 0.15) is 20.3 Å². The number of carbonyl (C=O) groups is 3. The molecule has 7 heteroatoms. The minimum Gasteiger partial charge on any atom is -0.466 e. The molecule has 0 aliphatic rings. The van der Waals surface area contributed by atoms with E-state index in [1.165, 1.54) is 0 Å². The van der Waals surface area contributed by atoms with Crippen molar-refractivity contribution >= 4 is 18.0 Å². The van der Waals surface area contributed by atoms with Gasteiger partial charge in [0.2, 0.25) is 5.91 Å². The van der Waals surface area contributed by atoms with Gasteiger partial charge in [-0.15, -0.1) is 0 Å². The molecule has 0 aliphatic carbocycles. The van der Waals surface area contributed by atoms with E-state index in [0.717, 1.165) is 0 Å². The molecule has 0 saturated carbocycles. The number of hydrogen-bond acceptors (Lipinski definition) is 6. The maximum atomic E-state index is 11.3. The van der Waals surface area contributed by atoms with Crippen LogP contribution in [0.5, 0.6) is 0 Å². The lowest BCUT2D eigenvalue weighted by Crippen LogP contribution is -2.39. The van der Waals surface area contributed by atoms with Gasteiger partial charge in [-0.25, -0.2) is 4.79 Å². The van der Waals surface area contributed by atoms with Gasteiger partial charge in [-0.2, -0.15) is 0 Å². The summed E-state index contributed by atoms with van der Waals surface area (Å²) >= 11 is 0. The number of ether oxygens (including phenoxy) is 2. The largest absolute Gasteiger partial charge is 0.466 e. The molecule has 0 aliphatic heterocycles. The topological polar surface area (TPSA) is 84.9 Å². The van der Waals surface area contributed by atoms with Gasteiger partial charge in [0.15, 0.2) is 0 Å². The van der Waals surface area contributed by atoms with Crippen molar-refractivity contribution in [2.75, 3.05) is 33.4 Å². The Labute approximate surface area is 106 Å². The number of imide groups is 1. The molecular weight excluding hydrogens is 240 g/mol. The third-order valence-corrected chi connectivity index (χ3v) is 1.93. The Hall–Kier alpha value is -1.63. The number of carbonyl (C=O) groups excluding carboxylic acids is 3. The van der Waals surface area contributed by atoms with Crippen LogP contribution in [0.15, 0.2) is 0 Å². The van der Waals surface area contributed by atoms with E-state index in [1.807, 2.05) is 0 Å². The van der Waals surface area contributed by atoms with Crippen LogP contribution in [0.4, 0.5) is 4.79 Å². The molecule has 18 heavy (non-hydrogen) atoms. The minimum atomic E-state index is -0.763. The third kappa shape index (κ3) is 8.51.